The normalized spacial score (nSPS) is 11.5. The zero-order valence-electron chi connectivity index (χ0n) is 12.0. The van der Waals surface area contributed by atoms with Gasteiger partial charge in [0, 0.05) is 24.7 Å². The van der Waals surface area contributed by atoms with Crippen molar-refractivity contribution in [3.63, 3.8) is 0 Å². The monoisotopic (exact) mass is 252 g/mol. The molecule has 1 aromatic rings. The molecule has 0 unspecified atom stereocenters. The van der Waals surface area contributed by atoms with Gasteiger partial charge in [0.25, 0.3) is 0 Å². The molecular weight excluding hydrogens is 227 g/mol. The van der Waals surface area contributed by atoms with Gasteiger partial charge in [-0.1, -0.05) is 19.1 Å². The fourth-order valence-electron chi connectivity index (χ4n) is 2.09. The lowest BCUT2D eigenvalue weighted by molar-refractivity contribution is 0.210. The molecule has 0 aliphatic carbocycles. The quantitative estimate of drug-likeness (QED) is 0.802. The van der Waals surface area contributed by atoms with Crippen LogP contribution >= 0.6 is 0 Å². The Morgan fingerprint density at radius 1 is 1.33 bits per heavy atom. The number of benzene rings is 1. The van der Waals surface area contributed by atoms with Gasteiger partial charge in [0.1, 0.15) is 5.82 Å². The van der Waals surface area contributed by atoms with Crippen molar-refractivity contribution in [2.24, 2.45) is 0 Å². The lowest BCUT2D eigenvalue weighted by atomic mass is 10.1. The minimum atomic E-state index is -0.100. The van der Waals surface area contributed by atoms with Gasteiger partial charge in [-0.2, -0.15) is 0 Å². The van der Waals surface area contributed by atoms with Crippen molar-refractivity contribution in [1.29, 1.82) is 0 Å². The maximum atomic E-state index is 13.8. The summed E-state index contributed by atoms with van der Waals surface area (Å²) >= 11 is 0. The van der Waals surface area contributed by atoms with Gasteiger partial charge in [0.15, 0.2) is 0 Å². The average molecular weight is 252 g/mol. The lowest BCUT2D eigenvalue weighted by Gasteiger charge is -2.26. The van der Waals surface area contributed by atoms with Crippen molar-refractivity contribution >= 4 is 0 Å². The Balaban J connectivity index is 2.83. The van der Waals surface area contributed by atoms with E-state index in [-0.39, 0.29) is 5.82 Å². The summed E-state index contributed by atoms with van der Waals surface area (Å²) in [5.41, 5.74) is 1.93. The smallest absolute Gasteiger partial charge is 0.127 e. The first-order chi connectivity index (χ1) is 8.58. The highest BCUT2D eigenvalue weighted by Gasteiger charge is 2.12. The van der Waals surface area contributed by atoms with Crippen molar-refractivity contribution in [2.75, 3.05) is 13.6 Å². The molecule has 1 N–H and O–H groups in total. The van der Waals surface area contributed by atoms with Crippen LogP contribution in [0.5, 0.6) is 0 Å². The number of halogens is 1. The molecule has 0 spiro atoms. The first-order valence-corrected chi connectivity index (χ1v) is 6.74. The molecule has 0 aromatic heterocycles. The Bertz CT molecular complexity index is 364. The highest BCUT2D eigenvalue weighted by atomic mass is 19.1. The first kappa shape index (κ1) is 15.1. The molecule has 1 rings (SSSR count). The second-order valence-corrected chi connectivity index (χ2v) is 5.02. The van der Waals surface area contributed by atoms with Crippen LogP contribution < -0.4 is 5.32 Å². The molecule has 0 bridgehead atoms. The standard InChI is InChI=1S/C15H25FN2/c1-5-8-18(12(2)3)11-14-9-13(10-17-4)6-7-15(14)16/h6-7,9,12,17H,5,8,10-11H2,1-4H3. The van der Waals surface area contributed by atoms with Gasteiger partial charge in [0.05, 0.1) is 0 Å². The molecule has 0 radical (unpaired) electrons. The third-order valence-electron chi connectivity index (χ3n) is 3.11. The summed E-state index contributed by atoms with van der Waals surface area (Å²) in [4.78, 5) is 2.31. The van der Waals surface area contributed by atoms with E-state index in [1.807, 2.05) is 19.2 Å². The van der Waals surface area contributed by atoms with E-state index in [9.17, 15) is 4.39 Å². The SMILES string of the molecule is CCCN(Cc1cc(CNC)ccc1F)C(C)C. The third kappa shape index (κ3) is 4.39. The number of hydrogen-bond acceptors (Lipinski definition) is 2. The molecule has 0 saturated carbocycles. The molecular formula is C15H25FN2. The van der Waals surface area contributed by atoms with Crippen LogP contribution in [0.15, 0.2) is 18.2 Å². The van der Waals surface area contributed by atoms with Gasteiger partial charge in [-0.3, -0.25) is 4.90 Å². The third-order valence-corrected chi connectivity index (χ3v) is 3.11. The van der Waals surface area contributed by atoms with E-state index < -0.39 is 0 Å². The van der Waals surface area contributed by atoms with Gasteiger partial charge in [-0.25, -0.2) is 4.39 Å². The van der Waals surface area contributed by atoms with E-state index in [1.165, 1.54) is 0 Å². The van der Waals surface area contributed by atoms with Crippen LogP contribution in [0.25, 0.3) is 0 Å². The van der Waals surface area contributed by atoms with E-state index in [4.69, 9.17) is 0 Å². The summed E-state index contributed by atoms with van der Waals surface area (Å²) in [5, 5.41) is 3.10. The zero-order valence-corrected chi connectivity index (χ0v) is 12.0. The molecule has 18 heavy (non-hydrogen) atoms. The molecule has 3 heteroatoms. The molecule has 2 nitrogen and oxygen atoms in total. The van der Waals surface area contributed by atoms with Crippen molar-refractivity contribution < 1.29 is 4.39 Å². The summed E-state index contributed by atoms with van der Waals surface area (Å²) < 4.78 is 13.8. The van der Waals surface area contributed by atoms with Crippen LogP contribution in [-0.2, 0) is 13.1 Å². The predicted octanol–water partition coefficient (Wildman–Crippen LogP) is 3.17. The van der Waals surface area contributed by atoms with Crippen LogP contribution in [0.3, 0.4) is 0 Å². The van der Waals surface area contributed by atoms with Gasteiger partial charge in [-0.05, 0) is 45.5 Å². The summed E-state index contributed by atoms with van der Waals surface area (Å²) in [6.07, 6.45) is 1.09. The zero-order chi connectivity index (χ0) is 13.5. The van der Waals surface area contributed by atoms with Crippen molar-refractivity contribution in [3.8, 4) is 0 Å². The summed E-state index contributed by atoms with van der Waals surface area (Å²) in [6, 6.07) is 5.83. The highest BCUT2D eigenvalue weighted by Crippen LogP contribution is 2.15. The maximum absolute atomic E-state index is 13.8. The minimum Gasteiger partial charge on any atom is -0.316 e. The average Bonchev–Trinajstić information content (AvgIpc) is 2.33. The van der Waals surface area contributed by atoms with E-state index in [0.717, 1.165) is 30.6 Å². The molecule has 0 aliphatic heterocycles. The largest absolute Gasteiger partial charge is 0.316 e. The Kier molecular flexibility index (Phi) is 6.30. The molecule has 102 valence electrons. The Morgan fingerprint density at radius 3 is 2.61 bits per heavy atom. The number of rotatable bonds is 7. The van der Waals surface area contributed by atoms with Gasteiger partial charge in [-0.15, -0.1) is 0 Å². The molecule has 1 aromatic carbocycles. The van der Waals surface area contributed by atoms with E-state index in [2.05, 4.69) is 31.0 Å². The molecule has 0 amide bonds. The second-order valence-electron chi connectivity index (χ2n) is 5.02. The molecule has 0 atom stereocenters. The number of nitrogens with one attached hydrogen (secondary N) is 1. The summed E-state index contributed by atoms with van der Waals surface area (Å²) in [7, 11) is 1.90. The Hall–Kier alpha value is -0.930. The predicted molar refractivity (Wildman–Crippen MR) is 75.0 cm³/mol. The van der Waals surface area contributed by atoms with E-state index >= 15 is 0 Å². The molecule has 0 fully saturated rings. The van der Waals surface area contributed by atoms with Crippen LogP contribution in [-0.4, -0.2) is 24.5 Å². The lowest BCUT2D eigenvalue weighted by Crippen LogP contribution is -2.31. The molecule has 0 saturated heterocycles. The van der Waals surface area contributed by atoms with Gasteiger partial charge < -0.3 is 5.32 Å². The molecule has 0 aliphatic rings. The maximum Gasteiger partial charge on any atom is 0.127 e. The summed E-state index contributed by atoms with van der Waals surface area (Å²) in [5.74, 6) is -0.100. The van der Waals surface area contributed by atoms with Crippen LogP contribution in [0.2, 0.25) is 0 Å². The van der Waals surface area contributed by atoms with Crippen molar-refractivity contribution in [1.82, 2.24) is 10.2 Å². The van der Waals surface area contributed by atoms with E-state index in [1.54, 1.807) is 6.07 Å². The Morgan fingerprint density at radius 2 is 2.06 bits per heavy atom. The van der Waals surface area contributed by atoms with Crippen LogP contribution in [0.4, 0.5) is 4.39 Å². The first-order valence-electron chi connectivity index (χ1n) is 6.74. The van der Waals surface area contributed by atoms with Gasteiger partial charge >= 0.3 is 0 Å². The topological polar surface area (TPSA) is 15.3 Å². The van der Waals surface area contributed by atoms with Gasteiger partial charge in [0.2, 0.25) is 0 Å². The fraction of sp³-hybridized carbons (Fsp3) is 0.600. The molecule has 0 heterocycles. The van der Waals surface area contributed by atoms with Crippen molar-refractivity contribution in [3.05, 3.63) is 35.1 Å². The van der Waals surface area contributed by atoms with Crippen molar-refractivity contribution in [2.45, 2.75) is 46.3 Å². The minimum absolute atomic E-state index is 0.100. The second kappa shape index (κ2) is 7.49. The highest BCUT2D eigenvalue weighted by molar-refractivity contribution is 5.25. The number of nitrogens with zero attached hydrogens (tertiary/aromatic N) is 1. The summed E-state index contributed by atoms with van der Waals surface area (Å²) in [6.45, 7) is 8.95. The fourth-order valence-corrected chi connectivity index (χ4v) is 2.09. The van der Waals surface area contributed by atoms with E-state index in [0.29, 0.717) is 12.6 Å². The van der Waals surface area contributed by atoms with Crippen LogP contribution in [0, 0.1) is 5.82 Å². The number of hydrogen-bond donors (Lipinski definition) is 1. The Labute approximate surface area is 110 Å². The van der Waals surface area contributed by atoms with Crippen LogP contribution in [0.1, 0.15) is 38.3 Å².